The maximum atomic E-state index is 12.3. The van der Waals surface area contributed by atoms with Gasteiger partial charge in [-0.25, -0.2) is 0 Å². The van der Waals surface area contributed by atoms with E-state index in [0.717, 1.165) is 37.2 Å². The maximum Gasteiger partial charge on any atom is 0.253 e. The van der Waals surface area contributed by atoms with Crippen molar-refractivity contribution >= 4 is 5.91 Å². The highest BCUT2D eigenvalue weighted by Gasteiger charge is 2.26. The molecule has 1 N–H and O–H groups in total. The molecule has 1 saturated heterocycles. The first-order valence-corrected chi connectivity index (χ1v) is 6.76. The van der Waals surface area contributed by atoms with Gasteiger partial charge in [0.15, 0.2) is 0 Å². The van der Waals surface area contributed by atoms with Crippen LogP contribution in [0.1, 0.15) is 22.3 Å². The number of rotatable bonds is 5. The van der Waals surface area contributed by atoms with E-state index in [4.69, 9.17) is 4.74 Å². The summed E-state index contributed by atoms with van der Waals surface area (Å²) < 4.78 is 5.07. The third-order valence-electron chi connectivity index (χ3n) is 3.58. The molecule has 104 valence electrons. The fraction of sp³-hybridized carbons (Fsp3) is 0.533. The Morgan fingerprint density at radius 2 is 2.16 bits per heavy atom. The van der Waals surface area contributed by atoms with Crippen LogP contribution in [-0.4, -0.2) is 44.6 Å². The van der Waals surface area contributed by atoms with E-state index in [1.165, 1.54) is 0 Å². The first-order valence-electron chi connectivity index (χ1n) is 6.76. The molecule has 1 fully saturated rings. The third kappa shape index (κ3) is 3.55. The number of hydrogen-bond acceptors (Lipinski definition) is 3. The molecule has 1 aromatic rings. The van der Waals surface area contributed by atoms with E-state index in [-0.39, 0.29) is 5.91 Å². The normalized spacial score (nSPS) is 18.8. The number of nitrogens with one attached hydrogen (secondary N) is 1. The van der Waals surface area contributed by atoms with Crippen molar-refractivity contribution in [3.63, 3.8) is 0 Å². The number of amides is 1. The molecule has 4 nitrogen and oxygen atoms in total. The highest BCUT2D eigenvalue weighted by Crippen LogP contribution is 2.18. The van der Waals surface area contributed by atoms with Crippen LogP contribution in [0, 0.1) is 5.92 Å². The monoisotopic (exact) mass is 262 g/mol. The highest BCUT2D eigenvalue weighted by atomic mass is 16.5. The lowest BCUT2D eigenvalue weighted by molar-refractivity contribution is 0.0787. The number of nitrogens with zero attached hydrogens (tertiary/aromatic N) is 1. The van der Waals surface area contributed by atoms with Crippen molar-refractivity contribution in [2.24, 2.45) is 5.92 Å². The lowest BCUT2D eigenvalue weighted by Gasteiger charge is -2.16. The van der Waals surface area contributed by atoms with E-state index >= 15 is 0 Å². The van der Waals surface area contributed by atoms with Gasteiger partial charge in [-0.05, 0) is 43.6 Å². The second kappa shape index (κ2) is 6.68. The second-order valence-electron chi connectivity index (χ2n) is 5.09. The minimum absolute atomic E-state index is 0.141. The van der Waals surface area contributed by atoms with Gasteiger partial charge < -0.3 is 15.0 Å². The lowest BCUT2D eigenvalue weighted by atomic mass is 10.1. The molecule has 0 radical (unpaired) electrons. The van der Waals surface area contributed by atoms with Gasteiger partial charge in [-0.15, -0.1) is 0 Å². The number of carbonyl (C=O) groups is 1. The number of hydrogen-bond donors (Lipinski definition) is 1. The maximum absolute atomic E-state index is 12.3. The van der Waals surface area contributed by atoms with Crippen LogP contribution in [0.4, 0.5) is 0 Å². The highest BCUT2D eigenvalue weighted by molar-refractivity contribution is 5.94. The van der Waals surface area contributed by atoms with Gasteiger partial charge in [-0.1, -0.05) is 12.1 Å². The van der Waals surface area contributed by atoms with Crippen LogP contribution in [0.3, 0.4) is 0 Å². The van der Waals surface area contributed by atoms with Gasteiger partial charge in [0.2, 0.25) is 0 Å². The number of benzene rings is 1. The summed E-state index contributed by atoms with van der Waals surface area (Å²) in [7, 11) is 3.63. The molecule has 1 amide bonds. The van der Waals surface area contributed by atoms with Crippen LogP contribution in [0.25, 0.3) is 0 Å². The van der Waals surface area contributed by atoms with Crippen molar-refractivity contribution < 1.29 is 9.53 Å². The summed E-state index contributed by atoms with van der Waals surface area (Å²) in [4.78, 5) is 14.3. The van der Waals surface area contributed by atoms with Gasteiger partial charge in [-0.3, -0.25) is 4.79 Å². The van der Waals surface area contributed by atoms with E-state index in [1.807, 2.05) is 36.2 Å². The molecular formula is C15H22N2O2. The number of ether oxygens (including phenoxy) is 1. The average molecular weight is 262 g/mol. The Hall–Kier alpha value is -1.39. The largest absolute Gasteiger partial charge is 0.380 e. The summed E-state index contributed by atoms with van der Waals surface area (Å²) in [5.41, 5.74) is 1.86. The van der Waals surface area contributed by atoms with Crippen LogP contribution >= 0.6 is 0 Å². The summed E-state index contributed by atoms with van der Waals surface area (Å²) in [5, 5.41) is 3.18. The van der Waals surface area contributed by atoms with Crippen LogP contribution in [0.2, 0.25) is 0 Å². The molecule has 1 aliphatic rings. The van der Waals surface area contributed by atoms with Gasteiger partial charge in [-0.2, -0.15) is 0 Å². The zero-order valence-corrected chi connectivity index (χ0v) is 11.7. The molecule has 0 bridgehead atoms. The Balaban J connectivity index is 1.96. The molecule has 0 aliphatic carbocycles. The van der Waals surface area contributed by atoms with Crippen molar-refractivity contribution in [1.29, 1.82) is 0 Å². The summed E-state index contributed by atoms with van der Waals surface area (Å²) in [6.45, 7) is 3.30. The number of carbonyl (C=O) groups excluding carboxylic acids is 1. The minimum atomic E-state index is 0.141. The van der Waals surface area contributed by atoms with Crippen LogP contribution < -0.4 is 5.32 Å². The Morgan fingerprint density at radius 3 is 2.79 bits per heavy atom. The zero-order valence-electron chi connectivity index (χ0n) is 11.7. The molecule has 0 saturated carbocycles. The van der Waals surface area contributed by atoms with E-state index < -0.39 is 0 Å². The standard InChI is InChI=1S/C15H22N2O2/c1-16-9-13-7-8-17(10-13)15(18)14-5-3-12(4-6-14)11-19-2/h3-6,13,16H,7-11H2,1-2H3/t13-/m0/s1. The molecule has 1 aromatic carbocycles. The van der Waals surface area contributed by atoms with Crippen molar-refractivity contribution in [1.82, 2.24) is 10.2 Å². The third-order valence-corrected chi connectivity index (χ3v) is 3.58. The zero-order chi connectivity index (χ0) is 13.7. The van der Waals surface area contributed by atoms with Crippen molar-refractivity contribution in [2.75, 3.05) is 33.8 Å². The first kappa shape index (κ1) is 14.0. The Kier molecular flexibility index (Phi) is 4.93. The lowest BCUT2D eigenvalue weighted by Crippen LogP contribution is -2.30. The van der Waals surface area contributed by atoms with Crippen molar-refractivity contribution in [2.45, 2.75) is 13.0 Å². The summed E-state index contributed by atoms with van der Waals surface area (Å²) in [6, 6.07) is 7.69. The molecule has 1 heterocycles. The molecule has 4 heteroatoms. The molecule has 1 aliphatic heterocycles. The molecule has 1 atom stereocenters. The predicted octanol–water partition coefficient (Wildman–Crippen LogP) is 1.51. The van der Waals surface area contributed by atoms with Crippen LogP contribution in [0.5, 0.6) is 0 Å². The quantitative estimate of drug-likeness (QED) is 0.874. The SMILES string of the molecule is CNC[C@@H]1CCN(C(=O)c2ccc(COC)cc2)C1. The average Bonchev–Trinajstić information content (AvgIpc) is 2.88. The molecule has 0 spiro atoms. The topological polar surface area (TPSA) is 41.6 Å². The van der Waals surface area contributed by atoms with Gasteiger partial charge >= 0.3 is 0 Å². The van der Waals surface area contributed by atoms with Crippen molar-refractivity contribution in [3.8, 4) is 0 Å². The Bertz CT molecular complexity index is 417. The minimum Gasteiger partial charge on any atom is -0.380 e. The Labute approximate surface area is 114 Å². The van der Waals surface area contributed by atoms with Crippen LogP contribution in [0.15, 0.2) is 24.3 Å². The summed E-state index contributed by atoms with van der Waals surface area (Å²) in [6.07, 6.45) is 1.09. The summed E-state index contributed by atoms with van der Waals surface area (Å²) in [5.74, 6) is 0.726. The molecule has 19 heavy (non-hydrogen) atoms. The first-order chi connectivity index (χ1) is 9.24. The van der Waals surface area contributed by atoms with E-state index in [1.54, 1.807) is 7.11 Å². The molecule has 2 rings (SSSR count). The molecule has 0 unspecified atom stereocenters. The molecular weight excluding hydrogens is 240 g/mol. The number of likely N-dealkylation sites (tertiary alicyclic amines) is 1. The second-order valence-corrected chi connectivity index (χ2v) is 5.09. The van der Waals surface area contributed by atoms with Gasteiger partial charge in [0, 0.05) is 25.8 Å². The molecule has 0 aromatic heterocycles. The fourth-order valence-corrected chi connectivity index (χ4v) is 2.57. The number of methoxy groups -OCH3 is 1. The van der Waals surface area contributed by atoms with E-state index in [2.05, 4.69) is 5.32 Å². The van der Waals surface area contributed by atoms with Gasteiger partial charge in [0.25, 0.3) is 5.91 Å². The van der Waals surface area contributed by atoms with Gasteiger partial charge in [0.05, 0.1) is 6.61 Å². The smallest absolute Gasteiger partial charge is 0.253 e. The van der Waals surface area contributed by atoms with Crippen molar-refractivity contribution in [3.05, 3.63) is 35.4 Å². The van der Waals surface area contributed by atoms with Gasteiger partial charge in [0.1, 0.15) is 0 Å². The van der Waals surface area contributed by atoms with E-state index in [9.17, 15) is 4.79 Å². The van der Waals surface area contributed by atoms with Crippen LogP contribution in [-0.2, 0) is 11.3 Å². The summed E-state index contributed by atoms with van der Waals surface area (Å²) >= 11 is 0. The Morgan fingerprint density at radius 1 is 1.42 bits per heavy atom. The predicted molar refractivity (Wildman–Crippen MR) is 75.1 cm³/mol. The fourth-order valence-electron chi connectivity index (χ4n) is 2.57. The van der Waals surface area contributed by atoms with E-state index in [0.29, 0.717) is 12.5 Å².